The van der Waals surface area contributed by atoms with E-state index < -0.39 is 0 Å². The molecule has 0 atom stereocenters. The maximum atomic E-state index is 5.05. The van der Waals surface area contributed by atoms with E-state index >= 15 is 0 Å². The van der Waals surface area contributed by atoms with Crippen molar-refractivity contribution in [2.45, 2.75) is 38.5 Å². The van der Waals surface area contributed by atoms with E-state index in [1.165, 1.54) is 45.1 Å². The molecule has 0 bridgehead atoms. The summed E-state index contributed by atoms with van der Waals surface area (Å²) in [5, 5.41) is 3.55. The molecular weight excluding hydrogens is 174 g/mol. The van der Waals surface area contributed by atoms with E-state index in [0.717, 1.165) is 19.1 Å². The van der Waals surface area contributed by atoms with Gasteiger partial charge in [0.05, 0.1) is 6.61 Å². The summed E-state index contributed by atoms with van der Waals surface area (Å²) in [6.45, 7) is 3.10. The quantitative estimate of drug-likeness (QED) is 0.659. The standard InChI is InChI=1S/C12H23NO/c1-14-9-8-13-10-12(6-3-7-12)11-4-2-5-11/h11,13H,2-10H2,1H3. The van der Waals surface area contributed by atoms with Gasteiger partial charge < -0.3 is 10.1 Å². The molecule has 2 aliphatic rings. The number of ether oxygens (including phenoxy) is 1. The lowest BCUT2D eigenvalue weighted by atomic mass is 9.55. The summed E-state index contributed by atoms with van der Waals surface area (Å²) in [6, 6.07) is 0. The molecule has 0 aromatic rings. The van der Waals surface area contributed by atoms with Crippen LogP contribution in [0.4, 0.5) is 0 Å². The first-order chi connectivity index (χ1) is 6.87. The van der Waals surface area contributed by atoms with Crippen LogP contribution < -0.4 is 5.32 Å². The molecule has 0 aromatic heterocycles. The largest absolute Gasteiger partial charge is 0.383 e. The lowest BCUT2D eigenvalue weighted by Gasteiger charge is -2.52. The van der Waals surface area contributed by atoms with Gasteiger partial charge in [0, 0.05) is 20.2 Å². The van der Waals surface area contributed by atoms with E-state index in [-0.39, 0.29) is 0 Å². The number of hydrogen-bond donors (Lipinski definition) is 1. The molecule has 0 spiro atoms. The Labute approximate surface area is 87.4 Å². The first kappa shape index (κ1) is 10.4. The molecule has 82 valence electrons. The zero-order chi connectivity index (χ0) is 9.86. The average Bonchev–Trinajstić information content (AvgIpc) is 2.04. The minimum Gasteiger partial charge on any atom is -0.383 e. The van der Waals surface area contributed by atoms with Gasteiger partial charge in [0.2, 0.25) is 0 Å². The fourth-order valence-electron chi connectivity index (χ4n) is 2.89. The Morgan fingerprint density at radius 1 is 1.29 bits per heavy atom. The summed E-state index contributed by atoms with van der Waals surface area (Å²) < 4.78 is 5.05. The monoisotopic (exact) mass is 197 g/mol. The zero-order valence-corrected chi connectivity index (χ0v) is 9.35. The zero-order valence-electron chi connectivity index (χ0n) is 9.35. The van der Waals surface area contributed by atoms with Crippen LogP contribution in [0.2, 0.25) is 0 Å². The van der Waals surface area contributed by atoms with Gasteiger partial charge in [0.15, 0.2) is 0 Å². The number of nitrogens with one attached hydrogen (secondary N) is 1. The van der Waals surface area contributed by atoms with Crippen molar-refractivity contribution in [3.05, 3.63) is 0 Å². The average molecular weight is 197 g/mol. The highest BCUT2D eigenvalue weighted by Crippen LogP contribution is 2.53. The molecule has 0 unspecified atom stereocenters. The smallest absolute Gasteiger partial charge is 0.0587 e. The third-order valence-corrected chi connectivity index (χ3v) is 4.28. The van der Waals surface area contributed by atoms with Crippen LogP contribution >= 0.6 is 0 Å². The number of rotatable bonds is 6. The highest BCUT2D eigenvalue weighted by atomic mass is 16.5. The minimum atomic E-state index is 0.700. The van der Waals surface area contributed by atoms with Crippen LogP contribution in [-0.4, -0.2) is 26.8 Å². The molecule has 0 amide bonds. The van der Waals surface area contributed by atoms with Crippen LogP contribution in [0, 0.1) is 11.3 Å². The molecule has 2 saturated carbocycles. The van der Waals surface area contributed by atoms with E-state index in [1.807, 2.05) is 0 Å². The second kappa shape index (κ2) is 4.63. The Morgan fingerprint density at radius 2 is 2.07 bits per heavy atom. The summed E-state index contributed by atoms with van der Waals surface area (Å²) in [6.07, 6.45) is 8.86. The second-order valence-electron chi connectivity index (χ2n) is 5.01. The Morgan fingerprint density at radius 3 is 2.50 bits per heavy atom. The van der Waals surface area contributed by atoms with Crippen molar-refractivity contribution < 1.29 is 4.74 Å². The molecule has 2 heteroatoms. The molecule has 2 rings (SSSR count). The molecule has 1 N–H and O–H groups in total. The SMILES string of the molecule is COCCNCC1(C2CCC2)CCC1. The van der Waals surface area contributed by atoms with E-state index in [1.54, 1.807) is 7.11 Å². The van der Waals surface area contributed by atoms with Crippen molar-refractivity contribution in [1.82, 2.24) is 5.32 Å². The van der Waals surface area contributed by atoms with Gasteiger partial charge in [-0.15, -0.1) is 0 Å². The topological polar surface area (TPSA) is 21.3 Å². The molecule has 0 aromatic carbocycles. The Bertz CT molecular complexity index is 173. The molecule has 14 heavy (non-hydrogen) atoms. The van der Waals surface area contributed by atoms with Gasteiger partial charge >= 0.3 is 0 Å². The van der Waals surface area contributed by atoms with Gasteiger partial charge in [-0.05, 0) is 37.0 Å². The lowest BCUT2D eigenvalue weighted by Crippen LogP contribution is -2.48. The highest BCUT2D eigenvalue weighted by Gasteiger charge is 2.45. The number of hydrogen-bond acceptors (Lipinski definition) is 2. The summed E-state index contributed by atoms with van der Waals surface area (Å²) in [7, 11) is 1.77. The summed E-state index contributed by atoms with van der Waals surface area (Å²) >= 11 is 0. The Balaban J connectivity index is 1.69. The van der Waals surface area contributed by atoms with Gasteiger partial charge in [-0.3, -0.25) is 0 Å². The van der Waals surface area contributed by atoms with Crippen molar-refractivity contribution in [2.75, 3.05) is 26.8 Å². The molecular formula is C12H23NO. The van der Waals surface area contributed by atoms with Crippen molar-refractivity contribution >= 4 is 0 Å². The van der Waals surface area contributed by atoms with Crippen LogP contribution in [0.15, 0.2) is 0 Å². The molecule has 2 nitrogen and oxygen atoms in total. The molecule has 0 saturated heterocycles. The predicted molar refractivity (Wildman–Crippen MR) is 58.4 cm³/mol. The van der Waals surface area contributed by atoms with Gasteiger partial charge in [0.1, 0.15) is 0 Å². The third-order valence-electron chi connectivity index (χ3n) is 4.28. The van der Waals surface area contributed by atoms with Gasteiger partial charge in [-0.2, -0.15) is 0 Å². The van der Waals surface area contributed by atoms with Crippen LogP contribution in [-0.2, 0) is 4.74 Å². The first-order valence-electron chi connectivity index (χ1n) is 6.07. The maximum absolute atomic E-state index is 5.05. The number of methoxy groups -OCH3 is 1. The third kappa shape index (κ3) is 1.96. The normalized spacial score (nSPS) is 25.5. The molecule has 0 heterocycles. The van der Waals surface area contributed by atoms with Crippen molar-refractivity contribution in [1.29, 1.82) is 0 Å². The van der Waals surface area contributed by atoms with Gasteiger partial charge in [-0.25, -0.2) is 0 Å². The lowest BCUT2D eigenvalue weighted by molar-refractivity contribution is 0.00195. The fraction of sp³-hybridized carbons (Fsp3) is 1.00. The van der Waals surface area contributed by atoms with E-state index in [9.17, 15) is 0 Å². The van der Waals surface area contributed by atoms with E-state index in [0.29, 0.717) is 5.41 Å². The summed E-state index contributed by atoms with van der Waals surface area (Å²) in [5.41, 5.74) is 0.700. The summed E-state index contributed by atoms with van der Waals surface area (Å²) in [4.78, 5) is 0. The van der Waals surface area contributed by atoms with Crippen LogP contribution in [0.3, 0.4) is 0 Å². The molecule has 2 aliphatic carbocycles. The summed E-state index contributed by atoms with van der Waals surface area (Å²) in [5.74, 6) is 1.05. The molecule has 2 fully saturated rings. The van der Waals surface area contributed by atoms with Crippen molar-refractivity contribution in [3.8, 4) is 0 Å². The highest BCUT2D eigenvalue weighted by molar-refractivity contribution is 4.97. The predicted octanol–water partition coefficient (Wildman–Crippen LogP) is 2.19. The van der Waals surface area contributed by atoms with Gasteiger partial charge in [-0.1, -0.05) is 12.8 Å². The fourth-order valence-corrected chi connectivity index (χ4v) is 2.89. The second-order valence-corrected chi connectivity index (χ2v) is 5.01. The maximum Gasteiger partial charge on any atom is 0.0587 e. The van der Waals surface area contributed by atoms with Crippen LogP contribution in [0.1, 0.15) is 38.5 Å². The van der Waals surface area contributed by atoms with Crippen LogP contribution in [0.5, 0.6) is 0 Å². The Hall–Kier alpha value is -0.0800. The van der Waals surface area contributed by atoms with E-state index in [2.05, 4.69) is 5.32 Å². The van der Waals surface area contributed by atoms with E-state index in [4.69, 9.17) is 4.74 Å². The van der Waals surface area contributed by atoms with Crippen molar-refractivity contribution in [3.63, 3.8) is 0 Å². The van der Waals surface area contributed by atoms with Crippen LogP contribution in [0.25, 0.3) is 0 Å². The first-order valence-corrected chi connectivity index (χ1v) is 6.07. The van der Waals surface area contributed by atoms with Gasteiger partial charge in [0.25, 0.3) is 0 Å². The van der Waals surface area contributed by atoms with Crippen molar-refractivity contribution in [2.24, 2.45) is 11.3 Å². The molecule has 0 aliphatic heterocycles. The molecule has 0 radical (unpaired) electrons. The minimum absolute atomic E-state index is 0.700. The Kier molecular flexibility index (Phi) is 3.45.